The van der Waals surface area contributed by atoms with E-state index < -0.39 is 0 Å². The van der Waals surface area contributed by atoms with Crippen molar-refractivity contribution >= 4 is 17.4 Å². The highest BCUT2D eigenvalue weighted by Gasteiger charge is 2.07. The maximum Gasteiger partial charge on any atom is 0.333 e. The van der Waals surface area contributed by atoms with Gasteiger partial charge in [0.05, 0.1) is 5.70 Å². The monoisotopic (exact) mass is 329 g/mol. The second-order valence-corrected chi connectivity index (χ2v) is 5.51. The Morgan fingerprint density at radius 1 is 0.800 bits per heavy atom. The van der Waals surface area contributed by atoms with Gasteiger partial charge in [0.25, 0.3) is 0 Å². The summed E-state index contributed by atoms with van der Waals surface area (Å²) in [7, 11) is 0. The number of carbonyl (C=O) groups is 1. The number of hydrogen-bond donors (Lipinski definition) is 1. The molecule has 3 aromatic rings. The van der Waals surface area contributed by atoms with Crippen LogP contribution in [0.15, 0.2) is 97.1 Å². The quantitative estimate of drug-likeness (QED) is 0.517. The Bertz CT molecular complexity index is 828. The van der Waals surface area contributed by atoms with Crippen LogP contribution in [0.2, 0.25) is 0 Å². The standard InChI is InChI=1S/C22H19NO2/c24-22(25-17-18-10-4-1-5-11-18)16-21(19-12-6-2-7-13-19)23-20-14-8-3-9-15-20/h1-16,23H,17H2/b21-16-. The number of hydrogen-bond acceptors (Lipinski definition) is 3. The van der Waals surface area contributed by atoms with Crippen molar-refractivity contribution in [1.29, 1.82) is 0 Å². The highest BCUT2D eigenvalue weighted by molar-refractivity contribution is 5.94. The second kappa shape index (κ2) is 8.50. The van der Waals surface area contributed by atoms with Gasteiger partial charge in [0.2, 0.25) is 0 Å². The third kappa shape index (κ3) is 5.08. The minimum atomic E-state index is -0.383. The highest BCUT2D eigenvalue weighted by atomic mass is 16.5. The van der Waals surface area contributed by atoms with Gasteiger partial charge in [0.1, 0.15) is 6.61 Å². The molecule has 3 aromatic carbocycles. The molecule has 25 heavy (non-hydrogen) atoms. The maximum absolute atomic E-state index is 12.3. The third-order valence-electron chi connectivity index (χ3n) is 3.62. The molecule has 0 aliphatic rings. The van der Waals surface area contributed by atoms with Gasteiger partial charge in [-0.15, -0.1) is 0 Å². The van der Waals surface area contributed by atoms with Crippen molar-refractivity contribution in [3.05, 3.63) is 108 Å². The molecule has 0 bridgehead atoms. The van der Waals surface area contributed by atoms with E-state index >= 15 is 0 Å². The predicted octanol–water partition coefficient (Wildman–Crippen LogP) is 4.88. The summed E-state index contributed by atoms with van der Waals surface area (Å²) < 4.78 is 5.36. The Morgan fingerprint density at radius 2 is 1.36 bits per heavy atom. The molecule has 0 amide bonds. The number of rotatable bonds is 6. The Hall–Kier alpha value is -3.33. The SMILES string of the molecule is O=C(/C=C(\Nc1ccccc1)c1ccccc1)OCc1ccccc1. The molecule has 124 valence electrons. The van der Waals surface area contributed by atoms with Gasteiger partial charge in [0, 0.05) is 11.8 Å². The Kier molecular flexibility index (Phi) is 5.62. The molecule has 0 aromatic heterocycles. The molecule has 0 saturated carbocycles. The van der Waals surface area contributed by atoms with E-state index in [9.17, 15) is 4.79 Å². The number of esters is 1. The topological polar surface area (TPSA) is 38.3 Å². The van der Waals surface area contributed by atoms with Crippen LogP contribution in [0.5, 0.6) is 0 Å². The first-order chi connectivity index (χ1) is 12.3. The first-order valence-electron chi connectivity index (χ1n) is 8.11. The van der Waals surface area contributed by atoms with Crippen molar-refractivity contribution in [2.45, 2.75) is 6.61 Å². The van der Waals surface area contributed by atoms with E-state index in [0.29, 0.717) is 5.70 Å². The largest absolute Gasteiger partial charge is 0.458 e. The molecular weight excluding hydrogens is 310 g/mol. The summed E-state index contributed by atoms with van der Waals surface area (Å²) in [5.41, 5.74) is 3.49. The summed E-state index contributed by atoms with van der Waals surface area (Å²) >= 11 is 0. The second-order valence-electron chi connectivity index (χ2n) is 5.51. The molecule has 3 rings (SSSR count). The summed E-state index contributed by atoms with van der Waals surface area (Å²) in [6, 6.07) is 29.1. The predicted molar refractivity (Wildman–Crippen MR) is 101 cm³/mol. The van der Waals surface area contributed by atoms with Gasteiger partial charge < -0.3 is 10.1 Å². The van der Waals surface area contributed by atoms with Crippen LogP contribution in [-0.4, -0.2) is 5.97 Å². The van der Waals surface area contributed by atoms with Gasteiger partial charge in [-0.05, 0) is 23.3 Å². The molecule has 0 radical (unpaired) electrons. The Labute approximate surface area is 147 Å². The van der Waals surface area contributed by atoms with Crippen LogP contribution in [0, 0.1) is 0 Å². The minimum Gasteiger partial charge on any atom is -0.458 e. The lowest BCUT2D eigenvalue weighted by atomic mass is 10.1. The molecule has 0 aliphatic carbocycles. The summed E-state index contributed by atoms with van der Waals surface area (Å²) in [5.74, 6) is -0.383. The molecule has 3 heteroatoms. The van der Waals surface area contributed by atoms with Crippen LogP contribution < -0.4 is 5.32 Å². The van der Waals surface area contributed by atoms with E-state index in [2.05, 4.69) is 5.32 Å². The molecule has 0 unspecified atom stereocenters. The average Bonchev–Trinajstić information content (AvgIpc) is 2.68. The smallest absolute Gasteiger partial charge is 0.333 e. The maximum atomic E-state index is 12.3. The number of carbonyl (C=O) groups excluding carboxylic acids is 1. The van der Waals surface area contributed by atoms with Crippen LogP contribution in [0.25, 0.3) is 5.70 Å². The van der Waals surface area contributed by atoms with E-state index in [4.69, 9.17) is 4.74 Å². The Morgan fingerprint density at radius 3 is 2.00 bits per heavy atom. The van der Waals surface area contributed by atoms with Gasteiger partial charge in [0.15, 0.2) is 0 Å². The lowest BCUT2D eigenvalue weighted by Gasteiger charge is -2.11. The fourth-order valence-electron chi connectivity index (χ4n) is 2.37. The molecule has 0 saturated heterocycles. The number of anilines is 1. The molecule has 0 atom stereocenters. The molecule has 3 nitrogen and oxygen atoms in total. The minimum absolute atomic E-state index is 0.254. The van der Waals surface area contributed by atoms with E-state index in [1.54, 1.807) is 0 Å². The zero-order valence-corrected chi connectivity index (χ0v) is 13.8. The first kappa shape index (κ1) is 16.5. The summed E-state index contributed by atoms with van der Waals surface area (Å²) in [6.07, 6.45) is 1.49. The van der Waals surface area contributed by atoms with Gasteiger partial charge in [-0.1, -0.05) is 78.9 Å². The third-order valence-corrected chi connectivity index (χ3v) is 3.62. The van der Waals surface area contributed by atoms with E-state index in [1.165, 1.54) is 6.08 Å². The van der Waals surface area contributed by atoms with Crippen molar-refractivity contribution in [2.24, 2.45) is 0 Å². The van der Waals surface area contributed by atoms with Crippen LogP contribution in [-0.2, 0) is 16.1 Å². The van der Waals surface area contributed by atoms with Gasteiger partial charge in [-0.3, -0.25) is 0 Å². The van der Waals surface area contributed by atoms with Crippen LogP contribution in [0.4, 0.5) is 5.69 Å². The normalized spacial score (nSPS) is 11.0. The molecule has 0 fully saturated rings. The van der Waals surface area contributed by atoms with Crippen molar-refractivity contribution in [2.75, 3.05) is 5.32 Å². The first-order valence-corrected chi connectivity index (χ1v) is 8.11. The molecule has 0 spiro atoms. The highest BCUT2D eigenvalue weighted by Crippen LogP contribution is 2.18. The Balaban J connectivity index is 1.76. The van der Waals surface area contributed by atoms with Crippen molar-refractivity contribution in [1.82, 2.24) is 0 Å². The summed E-state index contributed by atoms with van der Waals surface area (Å²) in [6.45, 7) is 0.254. The number of para-hydroxylation sites is 1. The lowest BCUT2D eigenvalue weighted by Crippen LogP contribution is -2.06. The van der Waals surface area contributed by atoms with Crippen molar-refractivity contribution in [3.8, 4) is 0 Å². The van der Waals surface area contributed by atoms with E-state index in [1.807, 2.05) is 91.0 Å². The van der Waals surface area contributed by atoms with Gasteiger partial charge in [-0.25, -0.2) is 4.79 Å². The molecule has 0 heterocycles. The van der Waals surface area contributed by atoms with Gasteiger partial charge >= 0.3 is 5.97 Å². The number of ether oxygens (including phenoxy) is 1. The van der Waals surface area contributed by atoms with Crippen molar-refractivity contribution < 1.29 is 9.53 Å². The molecular formula is C22H19NO2. The fourth-order valence-corrected chi connectivity index (χ4v) is 2.37. The van der Waals surface area contributed by atoms with Gasteiger partial charge in [-0.2, -0.15) is 0 Å². The molecule has 0 aliphatic heterocycles. The van der Waals surface area contributed by atoms with E-state index in [0.717, 1.165) is 16.8 Å². The lowest BCUT2D eigenvalue weighted by molar-refractivity contribution is -0.138. The van der Waals surface area contributed by atoms with Crippen LogP contribution in [0.3, 0.4) is 0 Å². The number of nitrogens with one attached hydrogen (secondary N) is 1. The molecule has 1 N–H and O–H groups in total. The fraction of sp³-hybridized carbons (Fsp3) is 0.0455. The number of benzene rings is 3. The zero-order valence-electron chi connectivity index (χ0n) is 13.8. The van der Waals surface area contributed by atoms with Crippen LogP contribution in [0.1, 0.15) is 11.1 Å². The van der Waals surface area contributed by atoms with Crippen LogP contribution >= 0.6 is 0 Å². The average molecular weight is 329 g/mol. The summed E-state index contributed by atoms with van der Waals surface area (Å²) in [5, 5.41) is 3.28. The zero-order chi connectivity index (χ0) is 17.3. The summed E-state index contributed by atoms with van der Waals surface area (Å²) in [4.78, 5) is 12.3. The van der Waals surface area contributed by atoms with E-state index in [-0.39, 0.29) is 12.6 Å². The van der Waals surface area contributed by atoms with Crippen molar-refractivity contribution in [3.63, 3.8) is 0 Å².